The molecule has 4 heteroatoms. The molecule has 0 bridgehead atoms. The van der Waals surface area contributed by atoms with Gasteiger partial charge in [0, 0.05) is 0 Å². The van der Waals surface area contributed by atoms with Gasteiger partial charge in [0.2, 0.25) is 0 Å². The Kier molecular flexibility index (Phi) is 14.8. The molecule has 0 heterocycles. The van der Waals surface area contributed by atoms with Gasteiger partial charge in [-0.05, 0) is 172 Å². The van der Waals surface area contributed by atoms with Crippen LogP contribution in [0.5, 0.6) is 17.2 Å². The van der Waals surface area contributed by atoms with E-state index in [4.69, 9.17) is 13.6 Å². The second-order valence-electron chi connectivity index (χ2n) is 16.6. The fraction of sp³-hybridized carbons (Fsp3) is 0.490. The predicted octanol–water partition coefficient (Wildman–Crippen LogP) is 17.1. The molecule has 0 radical (unpaired) electrons. The number of aryl methyl sites for hydroxylation is 1. The van der Waals surface area contributed by atoms with Crippen LogP contribution in [0.15, 0.2) is 72.8 Å². The lowest BCUT2D eigenvalue weighted by Gasteiger charge is -2.26. The Balaban J connectivity index is 1.72. The molecule has 0 saturated carbocycles. The average Bonchev–Trinajstić information content (AvgIpc) is 3.21. The summed E-state index contributed by atoms with van der Waals surface area (Å²) in [7, 11) is -1.90. The smallest absolute Gasteiger partial charge is 0.409 e. The van der Waals surface area contributed by atoms with Crippen LogP contribution in [-0.2, 0) is 0 Å². The summed E-state index contributed by atoms with van der Waals surface area (Å²) in [5, 5.41) is 5.11. The minimum absolute atomic E-state index is 0.295. The molecule has 0 aromatic heterocycles. The van der Waals surface area contributed by atoms with Crippen molar-refractivity contribution in [2.24, 2.45) is 0 Å². The Labute approximate surface area is 335 Å². The predicted molar refractivity (Wildman–Crippen MR) is 240 cm³/mol. The second-order valence-corrected chi connectivity index (χ2v) is 17.6. The van der Waals surface area contributed by atoms with Crippen molar-refractivity contribution in [1.82, 2.24) is 0 Å². The van der Waals surface area contributed by atoms with E-state index in [1.165, 1.54) is 60.5 Å². The van der Waals surface area contributed by atoms with Crippen molar-refractivity contribution in [3.8, 4) is 17.2 Å². The van der Waals surface area contributed by atoms with Gasteiger partial charge in [-0.2, -0.15) is 0 Å². The number of hydrogen-bond acceptors (Lipinski definition) is 3. The third kappa shape index (κ3) is 9.71. The van der Waals surface area contributed by atoms with Gasteiger partial charge >= 0.3 is 8.60 Å². The minimum Gasteiger partial charge on any atom is -0.409 e. The summed E-state index contributed by atoms with van der Waals surface area (Å²) in [4.78, 5) is 0. The van der Waals surface area contributed by atoms with E-state index in [-0.39, 0.29) is 0 Å². The van der Waals surface area contributed by atoms with Gasteiger partial charge in [0.1, 0.15) is 17.2 Å². The van der Waals surface area contributed by atoms with Crippen LogP contribution in [-0.4, -0.2) is 0 Å². The molecule has 0 N–H and O–H groups in total. The highest BCUT2D eigenvalue weighted by Gasteiger charge is 2.27. The van der Waals surface area contributed by atoms with Crippen molar-refractivity contribution in [3.63, 3.8) is 0 Å². The maximum Gasteiger partial charge on any atom is 0.530 e. The molecule has 296 valence electrons. The number of fused-ring (bicyclic) bond motifs is 2. The summed E-state index contributed by atoms with van der Waals surface area (Å²) in [6, 6.07) is 27.3. The van der Waals surface area contributed by atoms with Gasteiger partial charge in [-0.3, -0.25) is 0 Å². The molecule has 3 nitrogen and oxygen atoms in total. The Morgan fingerprint density at radius 2 is 0.782 bits per heavy atom. The van der Waals surface area contributed by atoms with E-state index >= 15 is 0 Å². The van der Waals surface area contributed by atoms with Crippen LogP contribution in [0.3, 0.4) is 0 Å². The molecule has 55 heavy (non-hydrogen) atoms. The van der Waals surface area contributed by atoms with Gasteiger partial charge in [-0.15, -0.1) is 0 Å². The summed E-state index contributed by atoms with van der Waals surface area (Å²) in [6.07, 6.45) is 6.40. The van der Waals surface area contributed by atoms with Crippen LogP contribution >= 0.6 is 8.60 Å². The maximum absolute atomic E-state index is 7.15. The lowest BCUT2D eigenvalue weighted by Crippen LogP contribution is -2.08. The third-order valence-electron chi connectivity index (χ3n) is 12.8. The van der Waals surface area contributed by atoms with Gasteiger partial charge in [0.15, 0.2) is 0 Å². The molecule has 5 aromatic carbocycles. The Morgan fingerprint density at radius 3 is 1.15 bits per heavy atom. The van der Waals surface area contributed by atoms with Gasteiger partial charge in [-0.1, -0.05) is 125 Å². The first kappa shape index (κ1) is 42.6. The van der Waals surface area contributed by atoms with E-state index < -0.39 is 8.60 Å². The van der Waals surface area contributed by atoms with Crippen molar-refractivity contribution < 1.29 is 13.6 Å². The third-order valence-corrected chi connectivity index (χ3v) is 13.8. The summed E-state index contributed by atoms with van der Waals surface area (Å²) >= 11 is 0. The summed E-state index contributed by atoms with van der Waals surface area (Å²) in [5.41, 5.74) is 9.21. The van der Waals surface area contributed by atoms with E-state index in [1.807, 2.05) is 12.1 Å². The van der Waals surface area contributed by atoms with E-state index in [9.17, 15) is 0 Å². The quantitative estimate of drug-likeness (QED) is 0.0833. The molecule has 0 aliphatic rings. The Bertz CT molecular complexity index is 1910. The van der Waals surface area contributed by atoms with Crippen molar-refractivity contribution in [1.29, 1.82) is 0 Å². The molecule has 0 saturated heterocycles. The summed E-state index contributed by atoms with van der Waals surface area (Å²) in [6.45, 7) is 29.8. The van der Waals surface area contributed by atoms with Crippen LogP contribution < -0.4 is 13.6 Å². The molecule has 5 aromatic rings. The van der Waals surface area contributed by atoms with Gasteiger partial charge in [0.05, 0.1) is 0 Å². The second kappa shape index (κ2) is 19.1. The molecule has 0 fully saturated rings. The first-order chi connectivity index (χ1) is 26.3. The standard InChI is InChI=1S/C51H69O3P/c1-14-33(8)39-24-41-28-46(37(12)18-5)50(30-48(41)44(26-39)35(10)16-3)53-55(52-43-22-20-32(7)21-23-43)54-51-31-49-42(29-47(51)38(13)19-6)25-40(34(9)15-2)27-45(49)36(11)17-4/h20-31,33-38H,14-19H2,1-13H3. The lowest BCUT2D eigenvalue weighted by molar-refractivity contribution is 0.383. The molecular weight excluding hydrogens is 692 g/mol. The first-order valence-electron chi connectivity index (χ1n) is 21.5. The molecular formula is C51H69O3P. The molecule has 0 amide bonds. The normalized spacial score (nSPS) is 15.7. The van der Waals surface area contributed by atoms with E-state index in [0.717, 1.165) is 55.8 Å². The molecule has 0 aliphatic heterocycles. The number of benzene rings is 5. The molecule has 6 unspecified atom stereocenters. The zero-order valence-corrected chi connectivity index (χ0v) is 37.2. The topological polar surface area (TPSA) is 27.7 Å². The number of rotatable bonds is 18. The Morgan fingerprint density at radius 1 is 0.418 bits per heavy atom. The zero-order chi connectivity index (χ0) is 40.0. The zero-order valence-electron chi connectivity index (χ0n) is 36.3. The van der Waals surface area contributed by atoms with Crippen LogP contribution in [0.1, 0.15) is 196 Å². The SMILES string of the molecule is CCC(C)c1cc(C(C)CC)c2cc(OP(Oc3ccc(C)cc3)Oc3cc4c(C(C)CC)cc(C(C)CC)cc4cc3C(C)CC)c(C(C)CC)cc2c1. The van der Waals surface area contributed by atoms with Crippen LogP contribution in [0.2, 0.25) is 0 Å². The lowest BCUT2D eigenvalue weighted by atomic mass is 9.85. The Hall–Kier alpha value is -3.55. The highest BCUT2D eigenvalue weighted by Crippen LogP contribution is 2.49. The molecule has 0 aliphatic carbocycles. The van der Waals surface area contributed by atoms with Gasteiger partial charge < -0.3 is 13.6 Å². The monoisotopic (exact) mass is 760 g/mol. The van der Waals surface area contributed by atoms with Gasteiger partial charge in [0.25, 0.3) is 0 Å². The summed E-state index contributed by atoms with van der Waals surface area (Å²) in [5.74, 6) is 4.89. The van der Waals surface area contributed by atoms with Gasteiger partial charge in [-0.25, -0.2) is 0 Å². The first-order valence-corrected chi connectivity index (χ1v) is 22.6. The molecule has 5 rings (SSSR count). The fourth-order valence-corrected chi connectivity index (χ4v) is 8.53. The average molecular weight is 761 g/mol. The largest absolute Gasteiger partial charge is 0.530 e. The van der Waals surface area contributed by atoms with Crippen molar-refractivity contribution >= 4 is 30.1 Å². The highest BCUT2D eigenvalue weighted by molar-refractivity contribution is 7.43. The molecule has 0 spiro atoms. The van der Waals surface area contributed by atoms with Crippen LogP contribution in [0, 0.1) is 6.92 Å². The van der Waals surface area contributed by atoms with Crippen molar-refractivity contribution in [3.05, 3.63) is 112 Å². The number of hydrogen-bond donors (Lipinski definition) is 0. The highest BCUT2D eigenvalue weighted by atomic mass is 31.2. The van der Waals surface area contributed by atoms with E-state index in [1.54, 1.807) is 0 Å². The molecule has 6 atom stereocenters. The van der Waals surface area contributed by atoms with Crippen LogP contribution in [0.4, 0.5) is 0 Å². The van der Waals surface area contributed by atoms with E-state index in [0.29, 0.717) is 35.5 Å². The fourth-order valence-electron chi connectivity index (χ4n) is 7.49. The maximum atomic E-state index is 7.15. The van der Waals surface area contributed by atoms with Crippen LogP contribution in [0.25, 0.3) is 21.5 Å². The van der Waals surface area contributed by atoms with E-state index in [2.05, 4.69) is 151 Å². The van der Waals surface area contributed by atoms with Crippen molar-refractivity contribution in [2.45, 2.75) is 164 Å². The minimum atomic E-state index is -1.90. The summed E-state index contributed by atoms with van der Waals surface area (Å²) < 4.78 is 21.1. The van der Waals surface area contributed by atoms with Crippen molar-refractivity contribution in [2.75, 3.05) is 0 Å².